The van der Waals surface area contributed by atoms with Crippen molar-refractivity contribution in [3.63, 3.8) is 0 Å². The van der Waals surface area contributed by atoms with Gasteiger partial charge in [0.1, 0.15) is 30.5 Å². The molecule has 0 aromatic carbocycles. The molecule has 16 heteroatoms. The van der Waals surface area contributed by atoms with Gasteiger partial charge in [-0.1, -0.05) is 0 Å². The molecule has 0 saturated carbocycles. The number of aromatic amines is 1. The van der Waals surface area contributed by atoms with E-state index >= 15 is 0 Å². The number of aliphatic hydroxyl groups excluding tert-OH is 4. The van der Waals surface area contributed by atoms with Gasteiger partial charge >= 0.3 is 5.69 Å². The van der Waals surface area contributed by atoms with Gasteiger partial charge in [0, 0.05) is 19.0 Å². The highest BCUT2D eigenvalue weighted by atomic mass is 16.5. The number of nitrogens with two attached hydrogens (primary N) is 2. The third-order valence-corrected chi connectivity index (χ3v) is 5.69. The number of rotatable bonds is 4. The van der Waals surface area contributed by atoms with Crippen molar-refractivity contribution >= 4 is 22.9 Å². The summed E-state index contributed by atoms with van der Waals surface area (Å²) in [5, 5.41) is 37.2. The van der Waals surface area contributed by atoms with Crippen molar-refractivity contribution in [3.05, 3.63) is 39.4 Å². The number of ether oxygens (including phenoxy) is 2. The van der Waals surface area contributed by atoms with Crippen LogP contribution in [-0.4, -0.2) is 87.1 Å². The summed E-state index contributed by atoms with van der Waals surface area (Å²) >= 11 is 0. The molecule has 0 spiro atoms. The lowest BCUT2D eigenvalue weighted by molar-refractivity contribution is -0.0458. The van der Waals surface area contributed by atoms with Gasteiger partial charge < -0.3 is 41.4 Å². The van der Waals surface area contributed by atoms with Crippen LogP contribution in [0.15, 0.2) is 28.2 Å². The number of nitrogens with one attached hydrogen (secondary N) is 1. The number of H-pyrrole nitrogens is 1. The molecule has 6 atom stereocenters. The maximum Gasteiger partial charge on any atom is 0.351 e. The smallest absolute Gasteiger partial charge is 0.351 e. The first kappa shape index (κ1) is 24.7. The number of fused-ring (bicyclic) bond motifs is 1. The quantitative estimate of drug-likeness (QED) is 0.189. The standard InChI is InChI=1S/C10H13N5O4.C9H13N3O4/c11-10-13-8-7(9(18)14-10)12-3-15(8)6-1-4(17)5(2-16)19-6;10-7-1-2-12(9(15)11-7)8-3-5(14)6(4-13)16-8/h3-6,16-17H,1-2H2,(H3,11,13,14,18);1-2,5-6,8,13-14H,3-4H2,(H2,10,11,15)/t4-,5+,6+;5-,6+,8+/m00/s1. The molecule has 0 amide bonds. The minimum Gasteiger partial charge on any atom is -0.394 e. The summed E-state index contributed by atoms with van der Waals surface area (Å²) in [5.74, 6) is 0.120. The van der Waals surface area contributed by atoms with E-state index in [4.69, 9.17) is 31.2 Å². The normalized spacial score (nSPS) is 28.2. The number of aromatic nitrogens is 6. The Morgan fingerprint density at radius 1 is 1.00 bits per heavy atom. The monoisotopic (exact) mass is 494 g/mol. The summed E-state index contributed by atoms with van der Waals surface area (Å²) in [6.07, 6.45) is -0.603. The van der Waals surface area contributed by atoms with E-state index in [1.165, 1.54) is 27.7 Å². The molecule has 0 unspecified atom stereocenters. The highest BCUT2D eigenvalue weighted by molar-refractivity contribution is 5.70. The second-order valence-electron chi connectivity index (χ2n) is 8.05. The van der Waals surface area contributed by atoms with Gasteiger partial charge in [0.2, 0.25) is 5.95 Å². The molecule has 5 rings (SSSR count). The average Bonchev–Trinajstić information content (AvgIpc) is 3.50. The number of hydrogen-bond acceptors (Lipinski definition) is 13. The maximum absolute atomic E-state index is 11.6. The topological polar surface area (TPSA) is 250 Å². The minimum atomic E-state index is -0.778. The Balaban J connectivity index is 0.000000168. The molecule has 2 aliphatic heterocycles. The number of hydrogen-bond donors (Lipinski definition) is 7. The molecule has 3 aromatic rings. The highest BCUT2D eigenvalue weighted by Gasteiger charge is 2.36. The first-order valence-corrected chi connectivity index (χ1v) is 10.7. The lowest BCUT2D eigenvalue weighted by Gasteiger charge is -2.13. The predicted octanol–water partition coefficient (Wildman–Crippen LogP) is -3.19. The molecule has 190 valence electrons. The van der Waals surface area contributed by atoms with E-state index in [0.29, 0.717) is 0 Å². The third-order valence-electron chi connectivity index (χ3n) is 5.69. The molecule has 0 aliphatic carbocycles. The Morgan fingerprint density at radius 3 is 2.14 bits per heavy atom. The zero-order valence-electron chi connectivity index (χ0n) is 18.3. The molecule has 2 aliphatic rings. The van der Waals surface area contributed by atoms with Crippen molar-refractivity contribution in [2.75, 3.05) is 24.7 Å². The van der Waals surface area contributed by atoms with E-state index in [2.05, 4.69) is 19.9 Å². The number of anilines is 2. The number of imidazole rings is 1. The number of nitrogen functional groups attached to an aromatic ring is 2. The molecule has 9 N–H and O–H groups in total. The molecule has 0 bridgehead atoms. The summed E-state index contributed by atoms with van der Waals surface area (Å²) in [6, 6.07) is 1.48. The van der Waals surface area contributed by atoms with Crippen molar-refractivity contribution in [2.24, 2.45) is 0 Å². The van der Waals surface area contributed by atoms with Gasteiger partial charge in [-0.05, 0) is 6.07 Å². The van der Waals surface area contributed by atoms with Gasteiger partial charge in [-0.15, -0.1) is 0 Å². The van der Waals surface area contributed by atoms with Gasteiger partial charge in [0.15, 0.2) is 11.2 Å². The second-order valence-corrected chi connectivity index (χ2v) is 8.05. The van der Waals surface area contributed by atoms with Crippen molar-refractivity contribution in [1.29, 1.82) is 0 Å². The summed E-state index contributed by atoms with van der Waals surface area (Å²) in [4.78, 5) is 37.0. The van der Waals surface area contributed by atoms with Crippen LogP contribution in [0.1, 0.15) is 25.3 Å². The maximum atomic E-state index is 11.6. The van der Waals surface area contributed by atoms with E-state index in [0.717, 1.165) is 0 Å². The molecule has 16 nitrogen and oxygen atoms in total. The molecule has 2 saturated heterocycles. The SMILES string of the molecule is Nc1ccn([C@H]2C[C@H](O)[C@@H](CO)O2)c(=O)n1.Nc1nc2c(ncn2[C@H]2C[C@H](O)[C@@H](CO)O2)c(=O)[nH]1. The minimum absolute atomic E-state index is 0.0171. The van der Waals surface area contributed by atoms with Crippen LogP contribution in [0.4, 0.5) is 11.8 Å². The summed E-state index contributed by atoms with van der Waals surface area (Å²) < 4.78 is 13.6. The Bertz CT molecular complexity index is 1290. The van der Waals surface area contributed by atoms with Crippen LogP contribution in [-0.2, 0) is 9.47 Å². The Labute approximate surface area is 196 Å². The van der Waals surface area contributed by atoms with Crippen LogP contribution in [0, 0.1) is 0 Å². The van der Waals surface area contributed by atoms with Crippen LogP contribution in [0.25, 0.3) is 11.2 Å². The van der Waals surface area contributed by atoms with Gasteiger partial charge in [0.05, 0.1) is 31.7 Å². The van der Waals surface area contributed by atoms with E-state index in [1.54, 1.807) is 0 Å². The Kier molecular flexibility index (Phi) is 7.10. The largest absolute Gasteiger partial charge is 0.394 e. The van der Waals surface area contributed by atoms with Crippen LogP contribution in [0.3, 0.4) is 0 Å². The van der Waals surface area contributed by atoms with E-state index in [-0.39, 0.29) is 49.0 Å². The molecule has 3 aromatic heterocycles. The van der Waals surface area contributed by atoms with Crippen LogP contribution in [0.2, 0.25) is 0 Å². The summed E-state index contributed by atoms with van der Waals surface area (Å²) in [6.45, 7) is -0.560. The highest BCUT2D eigenvalue weighted by Crippen LogP contribution is 2.30. The van der Waals surface area contributed by atoms with Crippen molar-refractivity contribution in [2.45, 2.75) is 49.7 Å². The summed E-state index contributed by atoms with van der Waals surface area (Å²) in [5.41, 5.74) is 10.3. The molecular formula is C19H26N8O8. The van der Waals surface area contributed by atoms with E-state index in [9.17, 15) is 19.8 Å². The lowest BCUT2D eigenvalue weighted by atomic mass is 10.2. The van der Waals surface area contributed by atoms with Crippen molar-refractivity contribution in [1.82, 2.24) is 29.1 Å². The van der Waals surface area contributed by atoms with Gasteiger partial charge in [0.25, 0.3) is 5.56 Å². The first-order valence-electron chi connectivity index (χ1n) is 10.7. The average molecular weight is 494 g/mol. The lowest BCUT2D eigenvalue weighted by Crippen LogP contribution is -2.27. The van der Waals surface area contributed by atoms with Gasteiger partial charge in [-0.2, -0.15) is 9.97 Å². The molecule has 35 heavy (non-hydrogen) atoms. The fourth-order valence-electron chi connectivity index (χ4n) is 3.90. The van der Waals surface area contributed by atoms with E-state index in [1.807, 2.05) is 0 Å². The van der Waals surface area contributed by atoms with Gasteiger partial charge in [-0.25, -0.2) is 9.78 Å². The zero-order chi connectivity index (χ0) is 25.3. The van der Waals surface area contributed by atoms with Crippen LogP contribution in [0.5, 0.6) is 0 Å². The third kappa shape index (κ3) is 5.02. The first-order chi connectivity index (χ1) is 16.7. The Morgan fingerprint density at radius 2 is 1.60 bits per heavy atom. The number of aliphatic hydroxyl groups is 4. The summed E-state index contributed by atoms with van der Waals surface area (Å²) in [7, 11) is 0. The second kappa shape index (κ2) is 10.1. The molecule has 0 radical (unpaired) electrons. The van der Waals surface area contributed by atoms with Gasteiger partial charge in [-0.3, -0.25) is 18.9 Å². The number of nitrogens with zero attached hydrogens (tertiary/aromatic N) is 5. The van der Waals surface area contributed by atoms with Crippen LogP contribution < -0.4 is 22.7 Å². The van der Waals surface area contributed by atoms with Crippen molar-refractivity contribution in [3.8, 4) is 0 Å². The predicted molar refractivity (Wildman–Crippen MR) is 119 cm³/mol. The molecule has 2 fully saturated rings. The van der Waals surface area contributed by atoms with Crippen LogP contribution >= 0.6 is 0 Å². The molecular weight excluding hydrogens is 468 g/mol. The molecule has 5 heterocycles. The van der Waals surface area contributed by atoms with E-state index < -0.39 is 48.1 Å². The fourth-order valence-corrected chi connectivity index (χ4v) is 3.90. The van der Waals surface area contributed by atoms with Crippen molar-refractivity contribution < 1.29 is 29.9 Å². The fraction of sp³-hybridized carbons (Fsp3) is 0.526. The zero-order valence-corrected chi connectivity index (χ0v) is 18.3. The Hall–Kier alpha value is -3.41.